The summed E-state index contributed by atoms with van der Waals surface area (Å²) in [6.07, 6.45) is 2.03. The van der Waals surface area contributed by atoms with Gasteiger partial charge < -0.3 is 9.73 Å². The summed E-state index contributed by atoms with van der Waals surface area (Å²) in [5, 5.41) is 6.10. The Bertz CT molecular complexity index is 796. The van der Waals surface area contributed by atoms with Crippen LogP contribution in [-0.4, -0.2) is 24.5 Å². The van der Waals surface area contributed by atoms with E-state index in [1.807, 2.05) is 42.3 Å². The second kappa shape index (κ2) is 8.65. The predicted molar refractivity (Wildman–Crippen MR) is 106 cm³/mol. The van der Waals surface area contributed by atoms with Gasteiger partial charge in [0.05, 0.1) is 0 Å². The van der Waals surface area contributed by atoms with Crippen molar-refractivity contribution < 1.29 is 9.21 Å². The van der Waals surface area contributed by atoms with Crippen LogP contribution in [0.2, 0.25) is 0 Å². The lowest BCUT2D eigenvalue weighted by Crippen LogP contribution is -2.26. The number of hydrogen-bond donors (Lipinski definition) is 1. The van der Waals surface area contributed by atoms with Gasteiger partial charge in [-0.15, -0.1) is 11.3 Å². The molecule has 2 heterocycles. The molecule has 0 bridgehead atoms. The van der Waals surface area contributed by atoms with Crippen LogP contribution in [0.25, 0.3) is 11.0 Å². The van der Waals surface area contributed by atoms with Gasteiger partial charge in [-0.1, -0.05) is 24.3 Å². The van der Waals surface area contributed by atoms with Gasteiger partial charge in [0, 0.05) is 39.6 Å². The van der Waals surface area contributed by atoms with Crippen LogP contribution in [0.15, 0.2) is 46.2 Å². The number of nitrogens with one attached hydrogen (secondary N) is 1. The van der Waals surface area contributed by atoms with E-state index in [4.69, 9.17) is 4.42 Å². The topological polar surface area (TPSA) is 42.2 Å². The molecule has 0 radical (unpaired) electrons. The molecule has 0 unspecified atom stereocenters. The minimum absolute atomic E-state index is 0.119. The Morgan fingerprint density at radius 2 is 2.08 bits per heavy atom. The Kier molecular flexibility index (Phi) is 6.29. The third-order valence-corrected chi connectivity index (χ3v) is 6.19. The molecule has 0 fully saturated rings. The molecule has 0 atom stereocenters. The number of amides is 1. The normalized spacial score (nSPS) is 11.0. The second-order valence-corrected chi connectivity index (χ2v) is 8.23. The number of para-hydroxylation sites is 1. The summed E-state index contributed by atoms with van der Waals surface area (Å²) in [5.74, 6) is 2.99. The Morgan fingerprint density at radius 1 is 1.21 bits per heavy atom. The van der Waals surface area contributed by atoms with E-state index in [1.54, 1.807) is 23.1 Å². The highest BCUT2D eigenvalue weighted by atomic mass is 32.2. The average molecular weight is 378 g/mol. The molecule has 1 N–H and O–H groups in total. The van der Waals surface area contributed by atoms with Gasteiger partial charge in [0.25, 0.3) is 5.91 Å². The number of hydrogen-bond acceptors (Lipinski definition) is 5. The van der Waals surface area contributed by atoms with E-state index in [0.717, 1.165) is 33.8 Å². The first-order chi connectivity index (χ1) is 11.8. The first-order valence-electron chi connectivity index (χ1n) is 7.67. The monoisotopic (exact) mass is 377 g/mol. The van der Waals surface area contributed by atoms with Crippen molar-refractivity contribution in [3.8, 4) is 0 Å². The van der Waals surface area contributed by atoms with E-state index in [0.29, 0.717) is 12.3 Å². The largest absolute Gasteiger partial charge is 0.451 e. The van der Waals surface area contributed by atoms with Gasteiger partial charge in [0.2, 0.25) is 0 Å². The zero-order valence-electron chi connectivity index (χ0n) is 13.4. The molecule has 3 aromatic rings. The third-order valence-electron chi connectivity index (χ3n) is 3.55. The van der Waals surface area contributed by atoms with E-state index >= 15 is 0 Å². The second-order valence-electron chi connectivity index (χ2n) is 5.23. The zero-order chi connectivity index (χ0) is 16.8. The molecule has 0 aliphatic rings. The van der Waals surface area contributed by atoms with Crippen molar-refractivity contribution in [1.29, 1.82) is 0 Å². The van der Waals surface area contributed by atoms with Crippen LogP contribution in [0.3, 0.4) is 0 Å². The molecule has 1 amide bonds. The zero-order valence-corrected chi connectivity index (χ0v) is 15.9. The minimum Gasteiger partial charge on any atom is -0.451 e. The molecule has 0 saturated carbocycles. The van der Waals surface area contributed by atoms with Crippen molar-refractivity contribution in [1.82, 2.24) is 5.32 Å². The number of furan rings is 1. The highest BCUT2D eigenvalue weighted by Gasteiger charge is 2.19. The molecular weight excluding hydrogens is 358 g/mol. The van der Waals surface area contributed by atoms with E-state index in [9.17, 15) is 4.79 Å². The van der Waals surface area contributed by atoms with Crippen LogP contribution >= 0.6 is 34.9 Å². The van der Waals surface area contributed by atoms with Crippen molar-refractivity contribution in [2.24, 2.45) is 0 Å². The van der Waals surface area contributed by atoms with E-state index < -0.39 is 0 Å². The fourth-order valence-corrected chi connectivity index (χ4v) is 4.73. The molecule has 0 aliphatic heterocycles. The predicted octanol–water partition coefficient (Wildman–Crippen LogP) is 5.02. The summed E-state index contributed by atoms with van der Waals surface area (Å²) >= 11 is 5.29. The molecule has 3 nitrogen and oxygen atoms in total. The van der Waals surface area contributed by atoms with Crippen molar-refractivity contribution in [3.63, 3.8) is 0 Å². The maximum Gasteiger partial charge on any atom is 0.287 e. The summed E-state index contributed by atoms with van der Waals surface area (Å²) in [6.45, 7) is 0.643. The molecule has 24 heavy (non-hydrogen) atoms. The summed E-state index contributed by atoms with van der Waals surface area (Å²) < 4.78 is 5.80. The molecule has 1 aromatic carbocycles. The molecule has 0 spiro atoms. The molecule has 126 valence electrons. The highest BCUT2D eigenvalue weighted by molar-refractivity contribution is 7.98. The number of rotatable bonds is 8. The first-order valence-corrected chi connectivity index (χ1v) is 11.1. The maximum absolute atomic E-state index is 12.5. The quantitative estimate of drug-likeness (QED) is 0.560. The molecule has 6 heteroatoms. The Morgan fingerprint density at radius 3 is 2.88 bits per heavy atom. The average Bonchev–Trinajstić information content (AvgIpc) is 3.23. The molecule has 0 saturated heterocycles. The van der Waals surface area contributed by atoms with Gasteiger partial charge in [-0.2, -0.15) is 23.5 Å². The Balaban J connectivity index is 1.58. The van der Waals surface area contributed by atoms with E-state index in [-0.39, 0.29) is 5.91 Å². The van der Waals surface area contributed by atoms with Crippen LogP contribution < -0.4 is 5.32 Å². The van der Waals surface area contributed by atoms with E-state index in [2.05, 4.69) is 22.8 Å². The van der Waals surface area contributed by atoms with Gasteiger partial charge >= 0.3 is 0 Å². The highest BCUT2D eigenvalue weighted by Crippen LogP contribution is 2.28. The Labute approximate surface area is 154 Å². The molecular formula is C18H19NO2S3. The number of carbonyl (C=O) groups is 1. The smallest absolute Gasteiger partial charge is 0.287 e. The number of carbonyl (C=O) groups excluding carboxylic acids is 1. The van der Waals surface area contributed by atoms with Crippen LogP contribution in [0.1, 0.15) is 21.0 Å². The van der Waals surface area contributed by atoms with Crippen molar-refractivity contribution >= 4 is 51.7 Å². The lowest BCUT2D eigenvalue weighted by atomic mass is 10.1. The summed E-state index contributed by atoms with van der Waals surface area (Å²) in [6, 6.07) is 12.0. The molecule has 0 aliphatic carbocycles. The fourth-order valence-electron chi connectivity index (χ4n) is 2.45. The molecule has 3 rings (SSSR count). The van der Waals surface area contributed by atoms with Crippen LogP contribution in [-0.2, 0) is 11.5 Å². The first kappa shape index (κ1) is 17.5. The summed E-state index contributed by atoms with van der Waals surface area (Å²) in [7, 11) is 0. The van der Waals surface area contributed by atoms with Gasteiger partial charge in [-0.3, -0.25) is 4.79 Å². The summed E-state index contributed by atoms with van der Waals surface area (Å²) in [5.41, 5.74) is 1.76. The number of thioether (sulfide) groups is 2. The van der Waals surface area contributed by atoms with Gasteiger partial charge in [0.1, 0.15) is 5.58 Å². The van der Waals surface area contributed by atoms with E-state index in [1.165, 1.54) is 4.88 Å². The summed E-state index contributed by atoms with van der Waals surface area (Å²) in [4.78, 5) is 13.8. The van der Waals surface area contributed by atoms with Crippen LogP contribution in [0.5, 0.6) is 0 Å². The standard InChI is InChI=1S/C18H19NO2S3/c1-22-12-15-14-6-2-3-7-16(14)21-17(15)18(20)19-8-10-23-11-13-5-4-9-24-13/h2-7,9H,8,10-12H2,1H3,(H,19,20). The Hall–Kier alpha value is -1.37. The van der Waals surface area contributed by atoms with Crippen molar-refractivity contribution in [2.75, 3.05) is 18.6 Å². The third kappa shape index (κ3) is 4.18. The maximum atomic E-state index is 12.5. The molecule has 2 aromatic heterocycles. The van der Waals surface area contributed by atoms with Crippen LogP contribution in [0, 0.1) is 0 Å². The number of thiophene rings is 1. The van der Waals surface area contributed by atoms with Crippen LogP contribution in [0.4, 0.5) is 0 Å². The van der Waals surface area contributed by atoms with Crippen molar-refractivity contribution in [2.45, 2.75) is 11.5 Å². The van der Waals surface area contributed by atoms with Gasteiger partial charge in [0.15, 0.2) is 5.76 Å². The fraction of sp³-hybridized carbons (Fsp3) is 0.278. The van der Waals surface area contributed by atoms with Gasteiger partial charge in [-0.05, 0) is 23.8 Å². The minimum atomic E-state index is -0.119. The lowest BCUT2D eigenvalue weighted by molar-refractivity contribution is 0.0930. The number of fused-ring (bicyclic) bond motifs is 1. The van der Waals surface area contributed by atoms with Crippen molar-refractivity contribution in [3.05, 3.63) is 58.0 Å². The number of benzene rings is 1. The lowest BCUT2D eigenvalue weighted by Gasteiger charge is -2.05. The SMILES string of the molecule is CSCc1c(C(=O)NCCSCc2cccs2)oc2ccccc12. The van der Waals surface area contributed by atoms with Gasteiger partial charge in [-0.25, -0.2) is 0 Å².